The molecule has 1 saturated heterocycles. The highest BCUT2D eigenvalue weighted by molar-refractivity contribution is 5.91. The Bertz CT molecular complexity index is 1050. The van der Waals surface area contributed by atoms with Crippen LogP contribution in [0.2, 0.25) is 0 Å². The summed E-state index contributed by atoms with van der Waals surface area (Å²) in [4.78, 5) is 17.5. The molecule has 0 aliphatic carbocycles. The summed E-state index contributed by atoms with van der Waals surface area (Å²) < 4.78 is 10.9. The first-order valence-electron chi connectivity index (χ1n) is 11.0. The van der Waals surface area contributed by atoms with Crippen molar-refractivity contribution in [1.82, 2.24) is 9.80 Å². The second-order valence-electron chi connectivity index (χ2n) is 8.58. The lowest BCUT2D eigenvalue weighted by atomic mass is 9.87. The summed E-state index contributed by atoms with van der Waals surface area (Å²) in [5.41, 5.74) is 4.12. The van der Waals surface area contributed by atoms with Gasteiger partial charge in [-0.2, -0.15) is 0 Å². The molecule has 0 bridgehead atoms. The molecule has 160 valence electrons. The molecule has 2 aliphatic heterocycles. The third kappa shape index (κ3) is 4.10. The first kappa shape index (κ1) is 19.9. The average molecular weight is 417 g/mol. The van der Waals surface area contributed by atoms with Crippen LogP contribution in [0.5, 0.6) is 5.75 Å². The molecule has 2 atom stereocenters. The van der Waals surface area contributed by atoms with Gasteiger partial charge in [0.2, 0.25) is 0 Å². The monoisotopic (exact) mass is 416 g/mol. The molecule has 3 aromatic rings. The predicted octanol–water partition coefficient (Wildman–Crippen LogP) is 4.20. The minimum atomic E-state index is -0.0237. The van der Waals surface area contributed by atoms with Gasteiger partial charge in [-0.1, -0.05) is 36.4 Å². The number of fused-ring (bicyclic) bond motifs is 1. The number of carbonyl (C=O) groups is 1. The summed E-state index contributed by atoms with van der Waals surface area (Å²) in [6.07, 6.45) is 2.65. The first-order valence-corrected chi connectivity index (χ1v) is 11.0. The molecule has 0 saturated carbocycles. The zero-order valence-corrected chi connectivity index (χ0v) is 17.9. The number of nitrogens with zero attached hydrogens (tertiary/aromatic N) is 2. The number of benzene rings is 2. The molecule has 1 amide bonds. The highest BCUT2D eigenvalue weighted by Gasteiger charge is 2.38. The molecule has 5 rings (SSSR count). The van der Waals surface area contributed by atoms with Crippen molar-refractivity contribution in [1.29, 1.82) is 0 Å². The maximum Gasteiger partial charge on any atom is 0.289 e. The SMILES string of the molecule is COc1cccc(C2CN(C(=O)c3ccco3)CC2CN2CCc3ccccc3C2)c1. The fraction of sp³-hybridized carbons (Fsp3) is 0.346. The summed E-state index contributed by atoms with van der Waals surface area (Å²) in [5.74, 6) is 1.88. The van der Waals surface area contributed by atoms with Gasteiger partial charge in [0.25, 0.3) is 5.91 Å². The van der Waals surface area contributed by atoms with E-state index >= 15 is 0 Å². The molecular weight excluding hydrogens is 388 g/mol. The maximum atomic E-state index is 13.0. The second-order valence-corrected chi connectivity index (χ2v) is 8.58. The Morgan fingerprint density at radius 1 is 1.06 bits per heavy atom. The Morgan fingerprint density at radius 3 is 2.74 bits per heavy atom. The largest absolute Gasteiger partial charge is 0.497 e. The number of hydrogen-bond acceptors (Lipinski definition) is 4. The standard InChI is InChI=1S/C26H28N2O3/c1-30-23-9-4-8-20(14-23)24-18-28(26(29)25-10-5-13-31-25)17-22(24)16-27-12-11-19-6-2-3-7-21(19)15-27/h2-10,13-14,22,24H,11-12,15-18H2,1H3. The third-order valence-electron chi connectivity index (χ3n) is 6.68. The zero-order valence-electron chi connectivity index (χ0n) is 17.9. The van der Waals surface area contributed by atoms with Crippen molar-refractivity contribution in [3.63, 3.8) is 0 Å². The van der Waals surface area contributed by atoms with Crippen LogP contribution in [0, 0.1) is 5.92 Å². The summed E-state index contributed by atoms with van der Waals surface area (Å²) in [7, 11) is 1.70. The molecule has 0 radical (unpaired) electrons. The van der Waals surface area contributed by atoms with Crippen LogP contribution in [0.1, 0.15) is 33.2 Å². The van der Waals surface area contributed by atoms with Crippen molar-refractivity contribution in [2.75, 3.05) is 33.3 Å². The first-order chi connectivity index (χ1) is 15.2. The smallest absolute Gasteiger partial charge is 0.289 e. The van der Waals surface area contributed by atoms with Crippen molar-refractivity contribution in [2.45, 2.75) is 18.9 Å². The predicted molar refractivity (Wildman–Crippen MR) is 119 cm³/mol. The molecule has 1 aromatic heterocycles. The van der Waals surface area contributed by atoms with E-state index in [-0.39, 0.29) is 11.8 Å². The van der Waals surface area contributed by atoms with Gasteiger partial charge in [0.15, 0.2) is 5.76 Å². The van der Waals surface area contributed by atoms with Crippen LogP contribution in [0.15, 0.2) is 71.3 Å². The van der Waals surface area contributed by atoms with Crippen molar-refractivity contribution >= 4 is 5.91 Å². The Hall–Kier alpha value is -3.05. The summed E-state index contributed by atoms with van der Waals surface area (Å²) in [6.45, 7) is 4.44. The Kier molecular flexibility index (Phi) is 5.51. The van der Waals surface area contributed by atoms with E-state index in [0.717, 1.165) is 38.3 Å². The quantitative estimate of drug-likeness (QED) is 0.625. The van der Waals surface area contributed by atoms with Crippen molar-refractivity contribution in [3.05, 3.63) is 89.4 Å². The van der Waals surface area contributed by atoms with E-state index in [0.29, 0.717) is 18.2 Å². The van der Waals surface area contributed by atoms with E-state index < -0.39 is 0 Å². The number of ether oxygens (including phenoxy) is 1. The molecule has 1 fully saturated rings. The number of furan rings is 1. The molecule has 0 N–H and O–H groups in total. The lowest BCUT2D eigenvalue weighted by Gasteiger charge is -2.32. The number of likely N-dealkylation sites (tertiary alicyclic amines) is 1. The van der Waals surface area contributed by atoms with Gasteiger partial charge >= 0.3 is 0 Å². The van der Waals surface area contributed by atoms with E-state index in [9.17, 15) is 4.79 Å². The molecule has 2 aliphatic rings. The van der Waals surface area contributed by atoms with Gasteiger partial charge in [-0.05, 0) is 53.3 Å². The molecule has 3 heterocycles. The second kappa shape index (κ2) is 8.60. The van der Waals surface area contributed by atoms with Gasteiger partial charge in [0.05, 0.1) is 13.4 Å². The topological polar surface area (TPSA) is 45.9 Å². The Balaban J connectivity index is 1.38. The van der Waals surface area contributed by atoms with Crippen molar-refractivity contribution < 1.29 is 13.9 Å². The molecule has 5 nitrogen and oxygen atoms in total. The number of amides is 1. The summed E-state index contributed by atoms with van der Waals surface area (Å²) in [6, 6.07) is 20.5. The van der Waals surface area contributed by atoms with Crippen molar-refractivity contribution in [3.8, 4) is 5.75 Å². The summed E-state index contributed by atoms with van der Waals surface area (Å²) in [5, 5.41) is 0. The average Bonchev–Trinajstić information content (AvgIpc) is 3.49. The van der Waals surface area contributed by atoms with E-state index in [1.165, 1.54) is 16.7 Å². The van der Waals surface area contributed by atoms with Gasteiger partial charge in [-0.3, -0.25) is 9.69 Å². The normalized spacial score (nSPS) is 21.1. The fourth-order valence-electron chi connectivity index (χ4n) is 5.07. The lowest BCUT2D eigenvalue weighted by Crippen LogP contribution is -2.37. The zero-order chi connectivity index (χ0) is 21.2. The van der Waals surface area contributed by atoms with Crippen LogP contribution in [-0.2, 0) is 13.0 Å². The highest BCUT2D eigenvalue weighted by atomic mass is 16.5. The molecular formula is C26H28N2O3. The fourth-order valence-corrected chi connectivity index (χ4v) is 5.07. The van der Waals surface area contributed by atoms with Crippen LogP contribution in [-0.4, -0.2) is 49.0 Å². The van der Waals surface area contributed by atoms with E-state index in [2.05, 4.69) is 41.3 Å². The van der Waals surface area contributed by atoms with Gasteiger partial charge < -0.3 is 14.1 Å². The Morgan fingerprint density at radius 2 is 1.94 bits per heavy atom. The van der Waals surface area contributed by atoms with Gasteiger partial charge in [0.1, 0.15) is 5.75 Å². The lowest BCUT2D eigenvalue weighted by molar-refractivity contribution is 0.0750. The third-order valence-corrected chi connectivity index (χ3v) is 6.68. The van der Waals surface area contributed by atoms with E-state index in [1.54, 1.807) is 25.5 Å². The van der Waals surface area contributed by atoms with Crippen LogP contribution >= 0.6 is 0 Å². The van der Waals surface area contributed by atoms with Crippen LogP contribution < -0.4 is 4.74 Å². The number of carbonyl (C=O) groups excluding carboxylic acids is 1. The molecule has 2 unspecified atom stereocenters. The number of methoxy groups -OCH3 is 1. The van der Waals surface area contributed by atoms with Gasteiger partial charge in [-0.15, -0.1) is 0 Å². The van der Waals surface area contributed by atoms with Crippen LogP contribution in [0.4, 0.5) is 0 Å². The van der Waals surface area contributed by atoms with Gasteiger partial charge in [-0.25, -0.2) is 0 Å². The van der Waals surface area contributed by atoms with Crippen LogP contribution in [0.25, 0.3) is 0 Å². The number of hydrogen-bond donors (Lipinski definition) is 0. The molecule has 2 aromatic carbocycles. The molecule has 0 spiro atoms. The van der Waals surface area contributed by atoms with Crippen LogP contribution in [0.3, 0.4) is 0 Å². The molecule has 31 heavy (non-hydrogen) atoms. The minimum Gasteiger partial charge on any atom is -0.497 e. The van der Waals surface area contributed by atoms with E-state index in [4.69, 9.17) is 9.15 Å². The van der Waals surface area contributed by atoms with E-state index in [1.807, 2.05) is 17.0 Å². The number of rotatable bonds is 5. The maximum absolute atomic E-state index is 13.0. The van der Waals surface area contributed by atoms with Crippen molar-refractivity contribution in [2.24, 2.45) is 5.92 Å². The molecule has 5 heteroatoms. The van der Waals surface area contributed by atoms with Gasteiger partial charge in [0, 0.05) is 38.6 Å². The summed E-state index contributed by atoms with van der Waals surface area (Å²) >= 11 is 0. The highest BCUT2D eigenvalue weighted by Crippen LogP contribution is 2.36. The minimum absolute atomic E-state index is 0.0237. The Labute approximate surface area is 183 Å².